The molecule has 102 valence electrons. The lowest BCUT2D eigenvalue weighted by Crippen LogP contribution is -2.31. The molecule has 0 aromatic carbocycles. The van der Waals surface area contributed by atoms with Gasteiger partial charge in [0.25, 0.3) is 0 Å². The van der Waals surface area contributed by atoms with Crippen molar-refractivity contribution in [1.29, 1.82) is 0 Å². The Bertz CT molecular complexity index is 149. The van der Waals surface area contributed by atoms with Gasteiger partial charge in [0.15, 0.2) is 0 Å². The van der Waals surface area contributed by atoms with Gasteiger partial charge in [0.05, 0.1) is 6.61 Å². The maximum absolute atomic E-state index is 5.11. The second-order valence-corrected chi connectivity index (χ2v) is 5.40. The van der Waals surface area contributed by atoms with Crippen molar-refractivity contribution in [2.24, 2.45) is 0 Å². The lowest BCUT2D eigenvalue weighted by Gasteiger charge is -2.19. The van der Waals surface area contributed by atoms with Crippen LogP contribution in [0.1, 0.15) is 70.6 Å². The van der Waals surface area contributed by atoms with Crippen molar-refractivity contribution in [1.82, 2.24) is 5.32 Å². The second kappa shape index (κ2) is 11.0. The van der Waals surface area contributed by atoms with Crippen molar-refractivity contribution in [3.8, 4) is 0 Å². The Morgan fingerprint density at radius 2 is 1.29 bits per heavy atom. The van der Waals surface area contributed by atoms with Gasteiger partial charge in [-0.2, -0.15) is 0 Å². The van der Waals surface area contributed by atoms with E-state index in [0.717, 1.165) is 19.2 Å². The summed E-state index contributed by atoms with van der Waals surface area (Å²) in [5, 5.41) is 3.65. The van der Waals surface area contributed by atoms with Crippen LogP contribution in [0.15, 0.2) is 0 Å². The first-order valence-electron chi connectivity index (χ1n) is 7.66. The molecular formula is C15H31NO. The topological polar surface area (TPSA) is 21.3 Å². The fraction of sp³-hybridized carbons (Fsp3) is 1.00. The molecule has 0 aromatic rings. The van der Waals surface area contributed by atoms with Gasteiger partial charge < -0.3 is 10.1 Å². The predicted octanol–water partition coefficient (Wildman–Crippen LogP) is 3.90. The minimum Gasteiger partial charge on any atom is -0.383 e. The molecule has 17 heavy (non-hydrogen) atoms. The van der Waals surface area contributed by atoms with Crippen molar-refractivity contribution < 1.29 is 4.74 Å². The van der Waals surface area contributed by atoms with E-state index in [1.807, 2.05) is 0 Å². The van der Waals surface area contributed by atoms with E-state index in [1.165, 1.54) is 70.6 Å². The van der Waals surface area contributed by atoms with Crippen molar-refractivity contribution in [3.05, 3.63) is 0 Å². The van der Waals surface area contributed by atoms with E-state index >= 15 is 0 Å². The molecule has 2 heteroatoms. The Morgan fingerprint density at radius 1 is 0.824 bits per heavy atom. The maximum Gasteiger partial charge on any atom is 0.0587 e. The third kappa shape index (κ3) is 8.62. The van der Waals surface area contributed by atoms with E-state index in [4.69, 9.17) is 4.74 Å². The summed E-state index contributed by atoms with van der Waals surface area (Å²) >= 11 is 0. The van der Waals surface area contributed by atoms with Gasteiger partial charge in [0.1, 0.15) is 0 Å². The molecule has 0 atom stereocenters. The average molecular weight is 241 g/mol. The number of rotatable bonds is 4. The first-order valence-corrected chi connectivity index (χ1v) is 7.66. The standard InChI is InChI=1S/C15H31NO/c1-17-14-13-16-15-11-9-7-5-3-2-4-6-8-10-12-15/h15-16H,2-14H2,1H3. The van der Waals surface area contributed by atoms with Crippen LogP contribution in [0.2, 0.25) is 0 Å². The smallest absolute Gasteiger partial charge is 0.0587 e. The molecule has 1 rings (SSSR count). The zero-order chi connectivity index (χ0) is 12.2. The minimum atomic E-state index is 0.740. The molecule has 1 saturated carbocycles. The highest BCUT2D eigenvalue weighted by Crippen LogP contribution is 2.16. The average Bonchev–Trinajstić information content (AvgIpc) is 2.32. The summed E-state index contributed by atoms with van der Waals surface area (Å²) in [6.07, 6.45) is 15.7. The van der Waals surface area contributed by atoms with E-state index in [-0.39, 0.29) is 0 Å². The molecule has 0 amide bonds. The number of methoxy groups -OCH3 is 1. The third-order valence-corrected chi connectivity index (χ3v) is 3.84. The van der Waals surface area contributed by atoms with E-state index in [0.29, 0.717) is 0 Å². The number of hydrogen-bond donors (Lipinski definition) is 1. The van der Waals surface area contributed by atoms with Gasteiger partial charge in [-0.15, -0.1) is 0 Å². The van der Waals surface area contributed by atoms with Gasteiger partial charge in [0, 0.05) is 19.7 Å². The van der Waals surface area contributed by atoms with Crippen molar-refractivity contribution in [3.63, 3.8) is 0 Å². The van der Waals surface area contributed by atoms with Crippen LogP contribution in [0.4, 0.5) is 0 Å². The summed E-state index contributed by atoms with van der Waals surface area (Å²) in [5.41, 5.74) is 0. The molecule has 1 aliphatic rings. The van der Waals surface area contributed by atoms with Gasteiger partial charge in [0.2, 0.25) is 0 Å². The van der Waals surface area contributed by atoms with Crippen LogP contribution in [-0.2, 0) is 4.74 Å². The van der Waals surface area contributed by atoms with E-state index in [9.17, 15) is 0 Å². The molecule has 1 aliphatic carbocycles. The summed E-state index contributed by atoms with van der Waals surface area (Å²) in [5.74, 6) is 0. The highest BCUT2D eigenvalue weighted by molar-refractivity contribution is 4.68. The third-order valence-electron chi connectivity index (χ3n) is 3.84. The van der Waals surface area contributed by atoms with Crippen LogP contribution < -0.4 is 5.32 Å². The molecule has 0 heterocycles. The summed E-state index contributed by atoms with van der Waals surface area (Å²) in [4.78, 5) is 0. The molecule has 0 radical (unpaired) electrons. The first-order chi connectivity index (χ1) is 8.43. The Kier molecular flexibility index (Phi) is 9.72. The van der Waals surface area contributed by atoms with Crippen LogP contribution in [0.3, 0.4) is 0 Å². The summed E-state index contributed by atoms with van der Waals surface area (Å²) in [6.45, 7) is 1.86. The maximum atomic E-state index is 5.11. The monoisotopic (exact) mass is 241 g/mol. The van der Waals surface area contributed by atoms with Gasteiger partial charge in [-0.1, -0.05) is 57.8 Å². The van der Waals surface area contributed by atoms with Crippen LogP contribution >= 0.6 is 0 Å². The SMILES string of the molecule is COCCNC1CCCCCCCCCCC1. The fourth-order valence-electron chi connectivity index (χ4n) is 2.73. The Morgan fingerprint density at radius 3 is 1.76 bits per heavy atom. The summed E-state index contributed by atoms with van der Waals surface area (Å²) in [7, 11) is 1.78. The van der Waals surface area contributed by atoms with E-state index in [2.05, 4.69) is 5.32 Å². The van der Waals surface area contributed by atoms with Crippen molar-refractivity contribution >= 4 is 0 Å². The second-order valence-electron chi connectivity index (χ2n) is 5.40. The fourth-order valence-corrected chi connectivity index (χ4v) is 2.73. The molecule has 0 bridgehead atoms. The quantitative estimate of drug-likeness (QED) is 0.754. The molecule has 0 aromatic heterocycles. The number of ether oxygens (including phenoxy) is 1. The molecule has 1 fully saturated rings. The van der Waals surface area contributed by atoms with Crippen LogP contribution in [0.5, 0.6) is 0 Å². The molecule has 0 unspecified atom stereocenters. The number of nitrogens with one attached hydrogen (secondary N) is 1. The minimum absolute atomic E-state index is 0.740. The summed E-state index contributed by atoms with van der Waals surface area (Å²) in [6, 6.07) is 0.740. The molecule has 0 saturated heterocycles. The van der Waals surface area contributed by atoms with Crippen LogP contribution in [0.25, 0.3) is 0 Å². The Labute approximate surface area is 108 Å². The molecule has 2 nitrogen and oxygen atoms in total. The van der Waals surface area contributed by atoms with E-state index < -0.39 is 0 Å². The Balaban J connectivity index is 2.17. The van der Waals surface area contributed by atoms with Gasteiger partial charge in [-0.3, -0.25) is 0 Å². The summed E-state index contributed by atoms with van der Waals surface area (Å²) < 4.78 is 5.11. The normalized spacial score (nSPS) is 21.7. The van der Waals surface area contributed by atoms with Crippen molar-refractivity contribution in [2.75, 3.05) is 20.3 Å². The first kappa shape index (κ1) is 15.0. The highest BCUT2D eigenvalue weighted by atomic mass is 16.5. The zero-order valence-corrected chi connectivity index (χ0v) is 11.7. The predicted molar refractivity (Wildman–Crippen MR) is 74.5 cm³/mol. The zero-order valence-electron chi connectivity index (χ0n) is 11.7. The van der Waals surface area contributed by atoms with Crippen molar-refractivity contribution in [2.45, 2.75) is 76.7 Å². The largest absolute Gasteiger partial charge is 0.383 e. The molecular weight excluding hydrogens is 210 g/mol. The molecule has 0 spiro atoms. The van der Waals surface area contributed by atoms with E-state index in [1.54, 1.807) is 7.11 Å². The van der Waals surface area contributed by atoms with Gasteiger partial charge in [-0.05, 0) is 12.8 Å². The van der Waals surface area contributed by atoms with Gasteiger partial charge in [-0.25, -0.2) is 0 Å². The molecule has 1 N–H and O–H groups in total. The molecule has 0 aliphatic heterocycles. The number of hydrogen-bond acceptors (Lipinski definition) is 2. The van der Waals surface area contributed by atoms with Crippen LogP contribution in [0, 0.1) is 0 Å². The Hall–Kier alpha value is -0.0800. The van der Waals surface area contributed by atoms with Gasteiger partial charge >= 0.3 is 0 Å². The lowest BCUT2D eigenvalue weighted by molar-refractivity contribution is 0.193. The van der Waals surface area contributed by atoms with Crippen LogP contribution in [-0.4, -0.2) is 26.3 Å². The lowest BCUT2D eigenvalue weighted by atomic mass is 9.98. The highest BCUT2D eigenvalue weighted by Gasteiger charge is 2.08.